The number of benzene rings is 1. The van der Waals surface area contributed by atoms with Crippen molar-refractivity contribution in [2.24, 2.45) is 0 Å². The van der Waals surface area contributed by atoms with Crippen LogP contribution in [0.5, 0.6) is 0 Å². The fraction of sp³-hybridized carbons (Fsp3) is 0.562. The molecule has 1 aliphatic heterocycles. The largest absolute Gasteiger partial charge is 0.388 e. The summed E-state index contributed by atoms with van der Waals surface area (Å²) in [6, 6.07) is 7.75. The number of nitrogens with one attached hydrogen (secondary N) is 1. The van der Waals surface area contributed by atoms with Crippen LogP contribution in [0.2, 0.25) is 0 Å². The van der Waals surface area contributed by atoms with Gasteiger partial charge in [-0.05, 0) is 31.7 Å². The molecule has 1 unspecified atom stereocenters. The van der Waals surface area contributed by atoms with Crippen LogP contribution in [0.4, 0.5) is 5.69 Å². The van der Waals surface area contributed by atoms with E-state index in [2.05, 4.69) is 10.2 Å². The number of aliphatic hydroxyl groups excluding tert-OH is 1. The molecule has 4 nitrogen and oxygen atoms in total. The zero-order chi connectivity index (χ0) is 14.5. The number of carbonyl (C=O) groups is 1. The van der Waals surface area contributed by atoms with Crippen LogP contribution in [0.3, 0.4) is 0 Å². The first-order valence-electron chi connectivity index (χ1n) is 7.44. The molecule has 1 fully saturated rings. The number of carbonyl (C=O) groups excluding carboxylic acids is 1. The molecule has 4 heteroatoms. The maximum Gasteiger partial charge on any atom is 0.242 e. The Morgan fingerprint density at radius 1 is 1.45 bits per heavy atom. The Labute approximate surface area is 120 Å². The number of hydrogen-bond donors (Lipinski definition) is 2. The van der Waals surface area contributed by atoms with Crippen molar-refractivity contribution in [3.63, 3.8) is 0 Å². The van der Waals surface area contributed by atoms with Gasteiger partial charge in [-0.1, -0.05) is 25.1 Å². The Kier molecular flexibility index (Phi) is 5.01. The molecule has 1 aromatic carbocycles. The molecule has 1 amide bonds. The van der Waals surface area contributed by atoms with E-state index in [1.165, 1.54) is 0 Å². The Balaban J connectivity index is 2.35. The lowest BCUT2D eigenvalue weighted by atomic mass is 9.97. The molecule has 0 aliphatic carbocycles. The maximum absolute atomic E-state index is 12.1. The molecule has 0 spiro atoms. The summed E-state index contributed by atoms with van der Waals surface area (Å²) in [5.74, 6) is 0.0606. The van der Waals surface area contributed by atoms with E-state index in [1.807, 2.05) is 31.2 Å². The molecule has 0 aromatic heterocycles. The second-order valence-corrected chi connectivity index (χ2v) is 5.30. The first-order valence-corrected chi connectivity index (χ1v) is 7.44. The third-order valence-electron chi connectivity index (χ3n) is 4.04. The quantitative estimate of drug-likeness (QED) is 0.886. The monoisotopic (exact) mass is 276 g/mol. The molecular weight excluding hydrogens is 252 g/mol. The molecule has 110 valence electrons. The standard InChI is InChI=1S/C16H24N2O2/c1-3-15(19)12-8-4-5-9-13(12)18-11-7-6-10-14(18)16(20)17-2/h4-5,8-9,14-15,19H,3,6-7,10-11H2,1-2H3,(H,17,20)/t14?,15-/m1/s1. The van der Waals surface area contributed by atoms with Crippen LogP contribution in [-0.4, -0.2) is 30.6 Å². The van der Waals surface area contributed by atoms with Crippen molar-refractivity contribution < 1.29 is 9.90 Å². The zero-order valence-corrected chi connectivity index (χ0v) is 12.3. The fourth-order valence-corrected chi connectivity index (χ4v) is 2.91. The van der Waals surface area contributed by atoms with Gasteiger partial charge in [-0.15, -0.1) is 0 Å². The second-order valence-electron chi connectivity index (χ2n) is 5.30. The van der Waals surface area contributed by atoms with Gasteiger partial charge in [0.25, 0.3) is 0 Å². The van der Waals surface area contributed by atoms with Crippen molar-refractivity contribution >= 4 is 11.6 Å². The first kappa shape index (κ1) is 14.9. The van der Waals surface area contributed by atoms with Crippen LogP contribution in [-0.2, 0) is 4.79 Å². The highest BCUT2D eigenvalue weighted by Crippen LogP contribution is 2.32. The Bertz CT molecular complexity index is 462. The SMILES string of the molecule is CC[C@@H](O)c1ccccc1N1CCCCC1C(=O)NC. The summed E-state index contributed by atoms with van der Waals surface area (Å²) in [6.45, 7) is 2.83. The Hall–Kier alpha value is -1.55. The van der Waals surface area contributed by atoms with Crippen molar-refractivity contribution in [1.82, 2.24) is 5.32 Å². The third-order valence-corrected chi connectivity index (χ3v) is 4.04. The third kappa shape index (κ3) is 2.96. The number of amides is 1. The van der Waals surface area contributed by atoms with Gasteiger partial charge in [-0.2, -0.15) is 0 Å². The van der Waals surface area contributed by atoms with Crippen molar-refractivity contribution in [3.8, 4) is 0 Å². The van der Waals surface area contributed by atoms with Gasteiger partial charge < -0.3 is 15.3 Å². The number of anilines is 1. The fourth-order valence-electron chi connectivity index (χ4n) is 2.91. The number of para-hydroxylation sites is 1. The van der Waals surface area contributed by atoms with Crippen LogP contribution in [0.15, 0.2) is 24.3 Å². The smallest absolute Gasteiger partial charge is 0.242 e. The lowest BCUT2D eigenvalue weighted by Gasteiger charge is -2.38. The van der Waals surface area contributed by atoms with Gasteiger partial charge in [0.1, 0.15) is 6.04 Å². The summed E-state index contributed by atoms with van der Waals surface area (Å²) in [5.41, 5.74) is 1.92. The minimum Gasteiger partial charge on any atom is -0.388 e. The number of rotatable bonds is 4. The van der Waals surface area contributed by atoms with E-state index in [4.69, 9.17) is 0 Å². The lowest BCUT2D eigenvalue weighted by molar-refractivity contribution is -0.122. The van der Waals surface area contributed by atoms with Crippen LogP contribution in [0.25, 0.3) is 0 Å². The molecule has 20 heavy (non-hydrogen) atoms. The highest BCUT2D eigenvalue weighted by atomic mass is 16.3. The number of aliphatic hydroxyl groups is 1. The van der Waals surface area contributed by atoms with Crippen LogP contribution in [0, 0.1) is 0 Å². The van der Waals surface area contributed by atoms with E-state index in [-0.39, 0.29) is 11.9 Å². The predicted octanol–water partition coefficient (Wildman–Crippen LogP) is 2.23. The molecule has 0 radical (unpaired) electrons. The van der Waals surface area contributed by atoms with E-state index >= 15 is 0 Å². The maximum atomic E-state index is 12.1. The lowest BCUT2D eigenvalue weighted by Crippen LogP contribution is -2.49. The van der Waals surface area contributed by atoms with Gasteiger partial charge in [0, 0.05) is 24.8 Å². The molecular formula is C16H24N2O2. The number of piperidine rings is 1. The Morgan fingerprint density at radius 3 is 2.90 bits per heavy atom. The summed E-state index contributed by atoms with van der Waals surface area (Å²) in [4.78, 5) is 14.2. The molecule has 2 rings (SSSR count). The highest BCUT2D eigenvalue weighted by Gasteiger charge is 2.30. The molecule has 0 bridgehead atoms. The number of likely N-dealkylation sites (N-methyl/N-ethyl adjacent to an activating group) is 1. The number of hydrogen-bond acceptors (Lipinski definition) is 3. The van der Waals surface area contributed by atoms with Gasteiger partial charge in [-0.25, -0.2) is 0 Å². The summed E-state index contributed by atoms with van der Waals surface area (Å²) in [7, 11) is 1.68. The molecule has 0 saturated carbocycles. The molecule has 1 saturated heterocycles. The minimum atomic E-state index is -0.474. The van der Waals surface area contributed by atoms with Crippen LogP contribution in [0.1, 0.15) is 44.3 Å². The van der Waals surface area contributed by atoms with Crippen molar-refractivity contribution in [1.29, 1.82) is 0 Å². The highest BCUT2D eigenvalue weighted by molar-refractivity contribution is 5.85. The van der Waals surface area contributed by atoms with Gasteiger partial charge in [0.2, 0.25) is 5.91 Å². The molecule has 1 aromatic rings. The molecule has 1 heterocycles. The van der Waals surface area contributed by atoms with E-state index in [0.717, 1.165) is 37.1 Å². The van der Waals surface area contributed by atoms with Crippen LogP contribution < -0.4 is 10.2 Å². The predicted molar refractivity (Wildman–Crippen MR) is 80.7 cm³/mol. The van der Waals surface area contributed by atoms with Gasteiger partial charge in [0.15, 0.2) is 0 Å². The Morgan fingerprint density at radius 2 is 2.20 bits per heavy atom. The average Bonchev–Trinajstić information content (AvgIpc) is 2.53. The first-order chi connectivity index (χ1) is 9.69. The van der Waals surface area contributed by atoms with E-state index in [9.17, 15) is 9.90 Å². The van der Waals surface area contributed by atoms with Crippen molar-refractivity contribution in [3.05, 3.63) is 29.8 Å². The van der Waals surface area contributed by atoms with E-state index in [1.54, 1.807) is 7.05 Å². The summed E-state index contributed by atoms with van der Waals surface area (Å²) in [6.07, 6.45) is 3.24. The normalized spacial score (nSPS) is 20.6. The van der Waals surface area contributed by atoms with E-state index < -0.39 is 6.10 Å². The molecule has 1 aliphatic rings. The topological polar surface area (TPSA) is 52.6 Å². The summed E-state index contributed by atoms with van der Waals surface area (Å²) in [5, 5.41) is 12.9. The van der Waals surface area contributed by atoms with Crippen molar-refractivity contribution in [2.75, 3.05) is 18.5 Å². The van der Waals surface area contributed by atoms with Gasteiger partial charge >= 0.3 is 0 Å². The van der Waals surface area contributed by atoms with Gasteiger partial charge in [-0.3, -0.25) is 4.79 Å². The zero-order valence-electron chi connectivity index (χ0n) is 12.3. The van der Waals surface area contributed by atoms with Crippen molar-refractivity contribution in [2.45, 2.75) is 44.8 Å². The molecule has 2 N–H and O–H groups in total. The molecule has 2 atom stereocenters. The summed E-state index contributed by atoms with van der Waals surface area (Å²) < 4.78 is 0. The van der Waals surface area contributed by atoms with Crippen LogP contribution >= 0.6 is 0 Å². The summed E-state index contributed by atoms with van der Waals surface area (Å²) >= 11 is 0. The van der Waals surface area contributed by atoms with Gasteiger partial charge in [0.05, 0.1) is 6.10 Å². The average molecular weight is 276 g/mol. The minimum absolute atomic E-state index is 0.0606. The van der Waals surface area contributed by atoms with E-state index in [0.29, 0.717) is 6.42 Å². The number of nitrogens with zero attached hydrogens (tertiary/aromatic N) is 1. The second kappa shape index (κ2) is 6.75.